The Balaban J connectivity index is 1.95. The fraction of sp³-hybridized carbons (Fsp3) is 0. The van der Waals surface area contributed by atoms with Crippen LogP contribution in [-0.2, 0) is 0 Å². The maximum Gasteiger partial charge on any atom is 0.276 e. The van der Waals surface area contributed by atoms with Gasteiger partial charge in [0.1, 0.15) is 17.5 Å². The summed E-state index contributed by atoms with van der Waals surface area (Å²) in [5.74, 6) is 0.611. The maximum absolute atomic E-state index is 8.70. The molecule has 3 rings (SSSR count). The first-order valence-corrected chi connectivity index (χ1v) is 5.33. The van der Waals surface area contributed by atoms with E-state index in [2.05, 4.69) is 25.1 Å². The van der Waals surface area contributed by atoms with Gasteiger partial charge < -0.3 is 4.52 Å². The number of aromatic nitrogens is 5. The van der Waals surface area contributed by atoms with Gasteiger partial charge in [-0.05, 0) is 12.1 Å². The molecule has 3 aromatic heterocycles. The molecule has 0 aliphatic rings. The lowest BCUT2D eigenvalue weighted by Crippen LogP contribution is -1.87. The van der Waals surface area contributed by atoms with Gasteiger partial charge in [0.05, 0.1) is 11.8 Å². The van der Waals surface area contributed by atoms with E-state index in [1.165, 1.54) is 6.20 Å². The van der Waals surface area contributed by atoms with Crippen molar-refractivity contribution in [3.05, 3.63) is 42.5 Å². The van der Waals surface area contributed by atoms with Crippen molar-refractivity contribution in [2.45, 2.75) is 0 Å². The SMILES string of the molecule is N#Cc1ccc(-c2nc(-c3cnccn3)no2)nc1. The second-order valence-electron chi connectivity index (χ2n) is 3.56. The highest BCUT2D eigenvalue weighted by molar-refractivity contribution is 5.53. The molecule has 0 bridgehead atoms. The Morgan fingerprint density at radius 3 is 2.68 bits per heavy atom. The maximum atomic E-state index is 8.70. The van der Waals surface area contributed by atoms with Gasteiger partial charge in [0.25, 0.3) is 5.89 Å². The van der Waals surface area contributed by atoms with Gasteiger partial charge in [-0.3, -0.25) is 4.98 Å². The van der Waals surface area contributed by atoms with Crippen LogP contribution in [0.25, 0.3) is 23.1 Å². The Kier molecular flexibility index (Phi) is 2.67. The molecule has 0 amide bonds. The van der Waals surface area contributed by atoms with E-state index in [1.54, 1.807) is 30.7 Å². The molecule has 0 N–H and O–H groups in total. The smallest absolute Gasteiger partial charge is 0.276 e. The summed E-state index contributed by atoms with van der Waals surface area (Å²) in [5, 5.41) is 12.5. The van der Waals surface area contributed by atoms with Crippen LogP contribution >= 0.6 is 0 Å². The molecular weight excluding hydrogens is 244 g/mol. The van der Waals surface area contributed by atoms with Gasteiger partial charge in [-0.2, -0.15) is 10.2 Å². The summed E-state index contributed by atoms with van der Waals surface area (Å²) >= 11 is 0. The summed E-state index contributed by atoms with van der Waals surface area (Å²) in [4.78, 5) is 16.3. The first-order chi connectivity index (χ1) is 9.36. The predicted molar refractivity (Wildman–Crippen MR) is 63.3 cm³/mol. The molecule has 0 spiro atoms. The molecule has 7 heteroatoms. The number of rotatable bonds is 2. The first-order valence-electron chi connectivity index (χ1n) is 5.33. The zero-order valence-electron chi connectivity index (χ0n) is 9.56. The molecule has 0 unspecified atom stereocenters. The Hall–Kier alpha value is -3.14. The zero-order chi connectivity index (χ0) is 13.1. The van der Waals surface area contributed by atoms with E-state index < -0.39 is 0 Å². The van der Waals surface area contributed by atoms with Crippen molar-refractivity contribution < 1.29 is 4.52 Å². The molecular formula is C12H6N6O. The number of pyridine rings is 1. The Labute approximate surface area is 107 Å². The minimum Gasteiger partial charge on any atom is -0.332 e. The third-order valence-corrected chi connectivity index (χ3v) is 2.33. The van der Waals surface area contributed by atoms with E-state index in [-0.39, 0.29) is 5.89 Å². The minimum atomic E-state index is 0.269. The lowest BCUT2D eigenvalue weighted by Gasteiger charge is -1.92. The monoisotopic (exact) mass is 250 g/mol. The van der Waals surface area contributed by atoms with Crippen molar-refractivity contribution in [2.75, 3.05) is 0 Å². The van der Waals surface area contributed by atoms with Crippen LogP contribution in [0.1, 0.15) is 5.56 Å². The summed E-state index contributed by atoms with van der Waals surface area (Å²) in [6.45, 7) is 0. The summed E-state index contributed by atoms with van der Waals surface area (Å²) in [6.07, 6.45) is 6.10. The van der Waals surface area contributed by atoms with Crippen LogP contribution in [0.5, 0.6) is 0 Å². The third-order valence-electron chi connectivity index (χ3n) is 2.33. The van der Waals surface area contributed by atoms with Crippen LogP contribution in [0.3, 0.4) is 0 Å². The molecule has 19 heavy (non-hydrogen) atoms. The number of hydrogen-bond donors (Lipinski definition) is 0. The van der Waals surface area contributed by atoms with Crippen LogP contribution in [0.4, 0.5) is 0 Å². The Morgan fingerprint density at radius 1 is 1.05 bits per heavy atom. The fourth-order valence-electron chi connectivity index (χ4n) is 1.43. The van der Waals surface area contributed by atoms with Crippen LogP contribution in [0.2, 0.25) is 0 Å². The summed E-state index contributed by atoms with van der Waals surface area (Å²) in [6, 6.07) is 5.27. The molecule has 0 saturated carbocycles. The quantitative estimate of drug-likeness (QED) is 0.678. The zero-order valence-corrected chi connectivity index (χ0v) is 9.56. The van der Waals surface area contributed by atoms with Gasteiger partial charge in [-0.25, -0.2) is 9.97 Å². The molecule has 0 saturated heterocycles. The van der Waals surface area contributed by atoms with E-state index >= 15 is 0 Å². The normalized spacial score (nSPS) is 10.1. The van der Waals surface area contributed by atoms with Crippen LogP contribution < -0.4 is 0 Å². The van der Waals surface area contributed by atoms with E-state index in [0.29, 0.717) is 22.8 Å². The van der Waals surface area contributed by atoms with Crippen LogP contribution in [0.15, 0.2) is 41.4 Å². The highest BCUT2D eigenvalue weighted by atomic mass is 16.5. The molecule has 0 fully saturated rings. The van der Waals surface area contributed by atoms with Crippen molar-refractivity contribution in [2.24, 2.45) is 0 Å². The third kappa shape index (κ3) is 2.14. The average Bonchev–Trinajstić information content (AvgIpc) is 2.98. The second-order valence-corrected chi connectivity index (χ2v) is 3.56. The van der Waals surface area contributed by atoms with Crippen molar-refractivity contribution in [1.82, 2.24) is 25.1 Å². The molecule has 0 radical (unpaired) electrons. The van der Waals surface area contributed by atoms with Gasteiger partial charge in [-0.15, -0.1) is 0 Å². The Morgan fingerprint density at radius 2 is 2.00 bits per heavy atom. The van der Waals surface area contributed by atoms with Crippen molar-refractivity contribution in [3.63, 3.8) is 0 Å². The van der Waals surface area contributed by atoms with E-state index in [4.69, 9.17) is 9.78 Å². The van der Waals surface area contributed by atoms with Crippen molar-refractivity contribution in [1.29, 1.82) is 5.26 Å². The molecule has 0 aliphatic heterocycles. The first kappa shape index (κ1) is 11.0. The summed E-state index contributed by atoms with van der Waals surface area (Å²) in [5.41, 5.74) is 1.49. The largest absolute Gasteiger partial charge is 0.332 e. The lowest BCUT2D eigenvalue weighted by atomic mass is 10.3. The lowest BCUT2D eigenvalue weighted by molar-refractivity contribution is 0.430. The highest BCUT2D eigenvalue weighted by Crippen LogP contribution is 2.18. The van der Waals surface area contributed by atoms with Crippen molar-refractivity contribution >= 4 is 0 Å². The minimum absolute atomic E-state index is 0.269. The molecule has 3 heterocycles. The van der Waals surface area contributed by atoms with Gasteiger partial charge in [0.15, 0.2) is 0 Å². The van der Waals surface area contributed by atoms with Gasteiger partial charge in [0.2, 0.25) is 5.82 Å². The van der Waals surface area contributed by atoms with Gasteiger partial charge >= 0.3 is 0 Å². The summed E-state index contributed by atoms with van der Waals surface area (Å²) in [7, 11) is 0. The van der Waals surface area contributed by atoms with Crippen LogP contribution in [0, 0.1) is 11.3 Å². The Bertz CT molecular complexity index is 729. The standard InChI is InChI=1S/C12H6N6O/c13-5-8-1-2-9(16-6-8)12-17-11(18-19-12)10-7-14-3-4-15-10/h1-4,6-7H. The van der Waals surface area contributed by atoms with E-state index in [0.717, 1.165) is 0 Å². The second kappa shape index (κ2) is 4.62. The van der Waals surface area contributed by atoms with E-state index in [1.807, 2.05) is 6.07 Å². The molecule has 0 aromatic carbocycles. The number of nitriles is 1. The molecule has 0 aliphatic carbocycles. The molecule has 90 valence electrons. The molecule has 7 nitrogen and oxygen atoms in total. The predicted octanol–water partition coefficient (Wildman–Crippen LogP) is 1.46. The topological polar surface area (TPSA) is 101 Å². The molecule has 0 atom stereocenters. The van der Waals surface area contributed by atoms with E-state index in [9.17, 15) is 0 Å². The molecule has 3 aromatic rings. The van der Waals surface area contributed by atoms with Crippen molar-refractivity contribution in [3.8, 4) is 29.2 Å². The number of nitrogens with zero attached hydrogens (tertiary/aromatic N) is 6. The van der Waals surface area contributed by atoms with Crippen LogP contribution in [-0.4, -0.2) is 25.1 Å². The fourth-order valence-corrected chi connectivity index (χ4v) is 1.43. The van der Waals surface area contributed by atoms with Gasteiger partial charge in [-0.1, -0.05) is 5.16 Å². The highest BCUT2D eigenvalue weighted by Gasteiger charge is 2.12. The van der Waals surface area contributed by atoms with Gasteiger partial charge in [0, 0.05) is 18.6 Å². The summed E-state index contributed by atoms with van der Waals surface area (Å²) < 4.78 is 5.10. The number of hydrogen-bond acceptors (Lipinski definition) is 7. The average molecular weight is 250 g/mol.